The molecule has 0 atom stereocenters. The predicted octanol–water partition coefficient (Wildman–Crippen LogP) is 2.84. The van der Waals surface area contributed by atoms with Crippen molar-refractivity contribution in [1.82, 2.24) is 4.57 Å². The summed E-state index contributed by atoms with van der Waals surface area (Å²) in [6, 6.07) is 16.7. The van der Waals surface area contributed by atoms with Crippen LogP contribution in [0.3, 0.4) is 0 Å². The normalized spacial score (nSPS) is 11.2. The van der Waals surface area contributed by atoms with Crippen molar-refractivity contribution in [1.29, 1.82) is 10.5 Å². The topological polar surface area (TPSA) is 78.8 Å². The van der Waals surface area contributed by atoms with Crippen molar-refractivity contribution in [3.63, 3.8) is 0 Å². The molecule has 3 rings (SSSR count). The van der Waals surface area contributed by atoms with Gasteiger partial charge in [0, 0.05) is 5.56 Å². The fourth-order valence-corrected chi connectivity index (χ4v) is 3.79. The Balaban J connectivity index is 2.38. The van der Waals surface area contributed by atoms with Crippen LogP contribution in [0.1, 0.15) is 11.1 Å². The summed E-state index contributed by atoms with van der Waals surface area (Å²) in [6.45, 7) is -1.21. The minimum Gasteiger partial charge on any atom is -0.434 e. The molecule has 29 heavy (non-hydrogen) atoms. The van der Waals surface area contributed by atoms with E-state index >= 15 is 0 Å². The molecule has 1 heterocycles. The second-order valence-electron chi connectivity index (χ2n) is 5.86. The standard InChI is InChI=1S/C21H13F2N3O2S/c1-13-6-2-4-8-16(13)26-19(27)18(29-20(26)15(11-24)12-25)10-14-7-3-5-9-17(14)28-21(22)23/h2-10,21H,1H3/b18-10-. The number of rotatable bonds is 4. The van der Waals surface area contributed by atoms with Gasteiger partial charge in [0.05, 0.1) is 10.2 Å². The molecule has 0 spiro atoms. The van der Waals surface area contributed by atoms with Gasteiger partial charge in [0.2, 0.25) is 0 Å². The number of aryl methyl sites for hydroxylation is 1. The molecule has 0 amide bonds. The first-order valence-corrected chi connectivity index (χ1v) is 9.16. The first-order chi connectivity index (χ1) is 14.0. The number of thiazole rings is 1. The van der Waals surface area contributed by atoms with E-state index in [2.05, 4.69) is 4.74 Å². The molecular weight excluding hydrogens is 396 g/mol. The molecule has 1 aromatic heterocycles. The van der Waals surface area contributed by atoms with Crippen LogP contribution in [0.2, 0.25) is 0 Å². The lowest BCUT2D eigenvalue weighted by Crippen LogP contribution is -2.31. The van der Waals surface area contributed by atoms with Crippen LogP contribution < -0.4 is 19.5 Å². The highest BCUT2D eigenvalue weighted by Crippen LogP contribution is 2.20. The van der Waals surface area contributed by atoms with Gasteiger partial charge in [-0.15, -0.1) is 11.3 Å². The zero-order valence-corrected chi connectivity index (χ0v) is 15.9. The third kappa shape index (κ3) is 4.08. The van der Waals surface area contributed by atoms with Crippen LogP contribution in [-0.4, -0.2) is 11.2 Å². The quantitative estimate of drug-likeness (QED) is 0.664. The van der Waals surface area contributed by atoms with Crippen LogP contribution in [-0.2, 0) is 0 Å². The van der Waals surface area contributed by atoms with Crippen molar-refractivity contribution in [2.75, 3.05) is 0 Å². The zero-order chi connectivity index (χ0) is 21.0. The van der Waals surface area contributed by atoms with Gasteiger partial charge in [-0.1, -0.05) is 36.4 Å². The monoisotopic (exact) mass is 409 g/mol. The van der Waals surface area contributed by atoms with Crippen LogP contribution in [0.5, 0.6) is 5.75 Å². The molecule has 0 aliphatic rings. The van der Waals surface area contributed by atoms with E-state index in [1.807, 2.05) is 12.1 Å². The Bertz CT molecular complexity index is 1310. The maximum absolute atomic E-state index is 13.1. The fourth-order valence-electron chi connectivity index (χ4n) is 2.75. The van der Waals surface area contributed by atoms with Gasteiger partial charge in [-0.05, 0) is 30.7 Å². The highest BCUT2D eigenvalue weighted by Gasteiger charge is 2.14. The number of hydrogen-bond donors (Lipinski definition) is 0. The first kappa shape index (κ1) is 20.0. The molecule has 0 saturated carbocycles. The summed E-state index contributed by atoms with van der Waals surface area (Å²) in [4.78, 5) is 13.1. The molecule has 0 aliphatic carbocycles. The molecule has 0 saturated heterocycles. The Hall–Kier alpha value is -3.75. The molecule has 5 nitrogen and oxygen atoms in total. The highest BCUT2D eigenvalue weighted by atomic mass is 32.1. The molecule has 0 aliphatic heterocycles. The van der Waals surface area contributed by atoms with Crippen molar-refractivity contribution in [2.24, 2.45) is 0 Å². The Labute approximate surface area is 168 Å². The van der Waals surface area contributed by atoms with Gasteiger partial charge in [-0.3, -0.25) is 9.36 Å². The maximum atomic E-state index is 13.1. The van der Waals surface area contributed by atoms with E-state index < -0.39 is 12.2 Å². The Kier molecular flexibility index (Phi) is 5.87. The largest absolute Gasteiger partial charge is 0.434 e. The number of nitrogens with zero attached hydrogens (tertiary/aromatic N) is 3. The van der Waals surface area contributed by atoms with Gasteiger partial charge < -0.3 is 4.74 Å². The van der Waals surface area contributed by atoms with Gasteiger partial charge in [-0.2, -0.15) is 19.3 Å². The average molecular weight is 409 g/mol. The number of ether oxygens (including phenoxy) is 1. The molecule has 8 heteroatoms. The Morgan fingerprint density at radius 3 is 2.45 bits per heavy atom. The third-order valence-electron chi connectivity index (χ3n) is 4.04. The van der Waals surface area contributed by atoms with E-state index in [1.165, 1.54) is 28.8 Å². The lowest BCUT2D eigenvalue weighted by Gasteiger charge is -2.07. The molecule has 0 radical (unpaired) electrons. The number of alkyl halides is 2. The second kappa shape index (κ2) is 8.51. The van der Waals surface area contributed by atoms with Gasteiger partial charge in [0.1, 0.15) is 22.6 Å². The predicted molar refractivity (Wildman–Crippen MR) is 105 cm³/mol. The SMILES string of the molecule is Cc1ccccc1-n1c(=C(C#N)C#N)s/c(=C\c2ccccc2OC(F)F)c1=O. The van der Waals surface area contributed by atoms with Crippen LogP contribution >= 0.6 is 11.3 Å². The van der Waals surface area contributed by atoms with E-state index in [1.54, 1.807) is 37.3 Å². The van der Waals surface area contributed by atoms with E-state index in [9.17, 15) is 24.1 Å². The van der Waals surface area contributed by atoms with Crippen LogP contribution in [0, 0.1) is 29.6 Å². The molecule has 2 aromatic carbocycles. The Morgan fingerprint density at radius 2 is 1.79 bits per heavy atom. The highest BCUT2D eigenvalue weighted by molar-refractivity contribution is 7.07. The van der Waals surface area contributed by atoms with Crippen molar-refractivity contribution < 1.29 is 13.5 Å². The van der Waals surface area contributed by atoms with Crippen molar-refractivity contribution in [2.45, 2.75) is 13.5 Å². The number of hydrogen-bond acceptors (Lipinski definition) is 5. The number of para-hydroxylation sites is 2. The molecular formula is C21H13F2N3O2S. The summed E-state index contributed by atoms with van der Waals surface area (Å²) in [5, 5.41) is 18.6. The molecule has 0 bridgehead atoms. The molecule has 0 unspecified atom stereocenters. The minimum atomic E-state index is -3.01. The van der Waals surface area contributed by atoms with Gasteiger partial charge in [0.15, 0.2) is 5.57 Å². The molecule has 0 N–H and O–H groups in total. The smallest absolute Gasteiger partial charge is 0.387 e. The summed E-state index contributed by atoms with van der Waals surface area (Å²) in [6.07, 6.45) is 1.41. The van der Waals surface area contributed by atoms with Crippen molar-refractivity contribution in [3.8, 4) is 23.6 Å². The summed E-state index contributed by atoms with van der Waals surface area (Å²) >= 11 is 0.939. The summed E-state index contributed by atoms with van der Waals surface area (Å²) in [5.41, 5.74) is 0.909. The lowest BCUT2D eigenvalue weighted by molar-refractivity contribution is -0.0499. The second-order valence-corrected chi connectivity index (χ2v) is 6.89. The van der Waals surface area contributed by atoms with Crippen LogP contribution in [0.15, 0.2) is 53.3 Å². The Morgan fingerprint density at radius 1 is 1.14 bits per heavy atom. The van der Waals surface area contributed by atoms with E-state index in [-0.39, 0.29) is 26.1 Å². The van der Waals surface area contributed by atoms with Gasteiger partial charge in [0.25, 0.3) is 5.56 Å². The third-order valence-corrected chi connectivity index (χ3v) is 5.13. The van der Waals surface area contributed by atoms with E-state index in [4.69, 9.17) is 0 Å². The minimum absolute atomic E-state index is 0.0796. The van der Waals surface area contributed by atoms with Gasteiger partial charge >= 0.3 is 6.61 Å². The average Bonchev–Trinajstić information content (AvgIpc) is 3.00. The molecule has 0 fully saturated rings. The zero-order valence-electron chi connectivity index (χ0n) is 15.1. The fraction of sp³-hybridized carbons (Fsp3) is 0.0952. The van der Waals surface area contributed by atoms with Crippen molar-refractivity contribution >= 4 is 23.0 Å². The molecule has 144 valence electrons. The number of nitriles is 2. The number of halogens is 2. The van der Waals surface area contributed by atoms with Crippen LogP contribution in [0.25, 0.3) is 17.3 Å². The first-order valence-electron chi connectivity index (χ1n) is 8.34. The lowest BCUT2D eigenvalue weighted by atomic mass is 10.2. The van der Waals surface area contributed by atoms with E-state index in [0.29, 0.717) is 5.69 Å². The van der Waals surface area contributed by atoms with Crippen LogP contribution in [0.4, 0.5) is 8.78 Å². The van der Waals surface area contributed by atoms with E-state index in [0.717, 1.165) is 16.9 Å². The number of aromatic nitrogens is 1. The van der Waals surface area contributed by atoms with Crippen molar-refractivity contribution in [3.05, 3.63) is 79.2 Å². The summed E-state index contributed by atoms with van der Waals surface area (Å²) in [5.74, 6) is -0.0796. The maximum Gasteiger partial charge on any atom is 0.387 e. The number of benzene rings is 2. The summed E-state index contributed by atoms with van der Waals surface area (Å²) < 4.78 is 31.5. The van der Waals surface area contributed by atoms with Gasteiger partial charge in [-0.25, -0.2) is 0 Å². The summed E-state index contributed by atoms with van der Waals surface area (Å²) in [7, 11) is 0. The molecule has 3 aromatic rings.